The van der Waals surface area contributed by atoms with Gasteiger partial charge in [-0.2, -0.15) is 4.37 Å². The first-order valence-electron chi connectivity index (χ1n) is 6.04. The molecule has 90 valence electrons. The van der Waals surface area contributed by atoms with Crippen molar-refractivity contribution in [3.05, 3.63) is 5.82 Å². The molecule has 1 atom stereocenters. The van der Waals surface area contributed by atoms with Crippen LogP contribution in [0.25, 0.3) is 0 Å². The van der Waals surface area contributed by atoms with E-state index in [0.717, 1.165) is 30.1 Å². The Morgan fingerprint density at radius 3 is 3.06 bits per heavy atom. The number of likely N-dealkylation sites (tertiary alicyclic amines) is 1. The first kappa shape index (κ1) is 11.8. The number of rotatable bonds is 4. The minimum absolute atomic E-state index is 0.742. The van der Waals surface area contributed by atoms with Crippen LogP contribution in [0.5, 0.6) is 0 Å². The topological polar surface area (TPSA) is 41.1 Å². The molecule has 4 nitrogen and oxygen atoms in total. The van der Waals surface area contributed by atoms with Crippen LogP contribution in [-0.4, -0.2) is 39.9 Å². The van der Waals surface area contributed by atoms with E-state index in [0.29, 0.717) is 0 Å². The van der Waals surface area contributed by atoms with Crippen LogP contribution in [0.1, 0.15) is 32.0 Å². The summed E-state index contributed by atoms with van der Waals surface area (Å²) in [4.78, 5) is 6.85. The van der Waals surface area contributed by atoms with Crippen molar-refractivity contribution >= 4 is 16.7 Å². The maximum atomic E-state index is 4.29. The normalized spacial score (nSPS) is 22.2. The average Bonchev–Trinajstić information content (AvgIpc) is 2.67. The third-order valence-corrected chi connectivity index (χ3v) is 3.91. The largest absolute Gasteiger partial charge is 0.359 e. The third-order valence-electron chi connectivity index (χ3n) is 3.14. The van der Waals surface area contributed by atoms with Crippen LogP contribution in [0.2, 0.25) is 0 Å². The van der Waals surface area contributed by atoms with Crippen molar-refractivity contribution in [2.24, 2.45) is 0 Å². The van der Waals surface area contributed by atoms with E-state index in [2.05, 4.69) is 26.5 Å². The Labute approximate surface area is 101 Å². The molecule has 1 unspecified atom stereocenters. The first-order chi connectivity index (χ1) is 7.75. The van der Waals surface area contributed by atoms with Gasteiger partial charge in [-0.15, -0.1) is 0 Å². The van der Waals surface area contributed by atoms with Gasteiger partial charge in [0.1, 0.15) is 5.82 Å². The number of nitrogens with zero attached hydrogens (tertiary/aromatic N) is 3. The van der Waals surface area contributed by atoms with Crippen molar-refractivity contribution < 1.29 is 0 Å². The maximum Gasteiger partial charge on any atom is 0.202 e. The fraction of sp³-hybridized carbons (Fsp3) is 0.818. The molecular weight excluding hydrogens is 220 g/mol. The number of aromatic nitrogens is 2. The van der Waals surface area contributed by atoms with E-state index in [-0.39, 0.29) is 0 Å². The van der Waals surface area contributed by atoms with Gasteiger partial charge < -0.3 is 5.32 Å². The lowest BCUT2D eigenvalue weighted by Crippen LogP contribution is -2.40. The van der Waals surface area contributed by atoms with E-state index in [1.807, 2.05) is 6.92 Å². The highest BCUT2D eigenvalue weighted by Crippen LogP contribution is 2.16. The number of piperidine rings is 1. The smallest absolute Gasteiger partial charge is 0.202 e. The molecule has 16 heavy (non-hydrogen) atoms. The molecule has 1 aromatic heterocycles. The molecule has 5 heteroatoms. The van der Waals surface area contributed by atoms with Gasteiger partial charge in [0, 0.05) is 30.7 Å². The lowest BCUT2D eigenvalue weighted by Gasteiger charge is -2.33. The predicted octanol–water partition coefficient (Wildman–Crippen LogP) is 2.13. The second-order valence-electron chi connectivity index (χ2n) is 4.45. The molecule has 1 aliphatic rings. The van der Waals surface area contributed by atoms with E-state index < -0.39 is 0 Å². The van der Waals surface area contributed by atoms with E-state index in [9.17, 15) is 0 Å². The Kier molecular flexibility index (Phi) is 4.12. The average molecular weight is 240 g/mol. The van der Waals surface area contributed by atoms with Crippen LogP contribution in [0.3, 0.4) is 0 Å². The number of anilines is 1. The summed E-state index contributed by atoms with van der Waals surface area (Å²) in [6.07, 6.45) is 4.08. The third kappa shape index (κ3) is 3.15. The van der Waals surface area contributed by atoms with Crippen molar-refractivity contribution in [2.45, 2.75) is 39.2 Å². The second kappa shape index (κ2) is 5.59. The van der Waals surface area contributed by atoms with Gasteiger partial charge >= 0.3 is 0 Å². The Balaban J connectivity index is 1.71. The maximum absolute atomic E-state index is 4.29. The molecule has 1 aromatic rings. The summed E-state index contributed by atoms with van der Waals surface area (Å²) in [5, 5.41) is 4.28. The molecule has 1 aliphatic heterocycles. The van der Waals surface area contributed by atoms with Gasteiger partial charge in [-0.05, 0) is 33.2 Å². The highest BCUT2D eigenvalue weighted by atomic mass is 32.1. The summed E-state index contributed by atoms with van der Waals surface area (Å²) in [6, 6.07) is 0.742. The van der Waals surface area contributed by atoms with Crippen LogP contribution in [-0.2, 0) is 0 Å². The zero-order valence-electron chi connectivity index (χ0n) is 10.1. The molecule has 0 radical (unpaired) electrons. The molecule has 2 heterocycles. The zero-order chi connectivity index (χ0) is 11.4. The Bertz CT molecular complexity index is 326. The van der Waals surface area contributed by atoms with Gasteiger partial charge in [-0.1, -0.05) is 6.42 Å². The Morgan fingerprint density at radius 1 is 1.50 bits per heavy atom. The summed E-state index contributed by atoms with van der Waals surface area (Å²) >= 11 is 1.45. The molecule has 0 aromatic carbocycles. The van der Waals surface area contributed by atoms with Crippen LogP contribution in [0.4, 0.5) is 5.13 Å². The second-order valence-corrected chi connectivity index (χ2v) is 5.21. The Hall–Kier alpha value is -0.680. The fourth-order valence-corrected chi connectivity index (χ4v) is 2.76. The van der Waals surface area contributed by atoms with Gasteiger partial charge in [-0.25, -0.2) is 4.98 Å². The molecule has 1 N–H and O–H groups in total. The highest BCUT2D eigenvalue weighted by molar-refractivity contribution is 7.09. The van der Waals surface area contributed by atoms with Crippen molar-refractivity contribution in [3.8, 4) is 0 Å². The number of hydrogen-bond acceptors (Lipinski definition) is 5. The SMILES string of the molecule is Cc1nsc(NCCN2CCCCC2C)n1. The van der Waals surface area contributed by atoms with Crippen LogP contribution >= 0.6 is 11.5 Å². The number of aryl methyl sites for hydroxylation is 1. The zero-order valence-corrected chi connectivity index (χ0v) is 10.9. The first-order valence-corrected chi connectivity index (χ1v) is 6.81. The Morgan fingerprint density at radius 2 is 2.38 bits per heavy atom. The van der Waals surface area contributed by atoms with E-state index >= 15 is 0 Å². The fourth-order valence-electron chi connectivity index (χ4n) is 2.17. The summed E-state index contributed by atoms with van der Waals surface area (Å²) in [7, 11) is 0. The number of nitrogens with one attached hydrogen (secondary N) is 1. The molecule has 0 saturated carbocycles. The standard InChI is InChI=1S/C11H20N4S/c1-9-5-3-4-7-15(9)8-6-12-11-13-10(2)14-16-11/h9H,3-8H2,1-2H3,(H,12,13,14). The van der Waals surface area contributed by atoms with Crippen molar-refractivity contribution in [2.75, 3.05) is 25.0 Å². The lowest BCUT2D eigenvalue weighted by atomic mass is 10.0. The van der Waals surface area contributed by atoms with Crippen molar-refractivity contribution in [1.29, 1.82) is 0 Å². The van der Waals surface area contributed by atoms with Gasteiger partial charge in [0.05, 0.1) is 0 Å². The summed E-state index contributed by atoms with van der Waals surface area (Å²) in [5.74, 6) is 0.860. The minimum Gasteiger partial charge on any atom is -0.359 e. The van der Waals surface area contributed by atoms with E-state index in [1.54, 1.807) is 0 Å². The van der Waals surface area contributed by atoms with Crippen LogP contribution < -0.4 is 5.32 Å². The molecule has 0 spiro atoms. The predicted molar refractivity (Wildman–Crippen MR) is 68.0 cm³/mol. The lowest BCUT2D eigenvalue weighted by molar-refractivity contribution is 0.167. The molecule has 0 amide bonds. The minimum atomic E-state index is 0.742. The van der Waals surface area contributed by atoms with E-state index in [4.69, 9.17) is 0 Å². The van der Waals surface area contributed by atoms with Gasteiger partial charge in [0.25, 0.3) is 0 Å². The highest BCUT2D eigenvalue weighted by Gasteiger charge is 2.17. The van der Waals surface area contributed by atoms with Crippen molar-refractivity contribution in [3.63, 3.8) is 0 Å². The van der Waals surface area contributed by atoms with Crippen molar-refractivity contribution in [1.82, 2.24) is 14.3 Å². The summed E-state index contributed by atoms with van der Waals surface area (Å²) in [6.45, 7) is 7.58. The monoisotopic (exact) mass is 240 g/mol. The molecule has 1 saturated heterocycles. The summed E-state index contributed by atoms with van der Waals surface area (Å²) in [5.41, 5.74) is 0. The molecule has 1 fully saturated rings. The summed E-state index contributed by atoms with van der Waals surface area (Å²) < 4.78 is 4.15. The molecule has 0 aliphatic carbocycles. The van der Waals surface area contributed by atoms with Gasteiger partial charge in [0.2, 0.25) is 5.13 Å². The quantitative estimate of drug-likeness (QED) is 0.875. The number of hydrogen-bond donors (Lipinski definition) is 1. The van der Waals surface area contributed by atoms with Crippen LogP contribution in [0.15, 0.2) is 0 Å². The van der Waals surface area contributed by atoms with Gasteiger partial charge in [-0.3, -0.25) is 4.90 Å². The van der Waals surface area contributed by atoms with E-state index in [1.165, 1.54) is 37.3 Å². The van der Waals surface area contributed by atoms with Crippen LogP contribution in [0, 0.1) is 6.92 Å². The molecular formula is C11H20N4S. The molecule has 0 bridgehead atoms. The molecule has 2 rings (SSSR count). The van der Waals surface area contributed by atoms with Gasteiger partial charge in [0.15, 0.2) is 0 Å².